The molecular weight excluding hydrogens is 196 g/mol. The first-order chi connectivity index (χ1) is 6.75. The monoisotopic (exact) mass is 206 g/mol. The van der Waals surface area contributed by atoms with Gasteiger partial charge in [0.25, 0.3) is 0 Å². The van der Waals surface area contributed by atoms with Crippen molar-refractivity contribution in [3.05, 3.63) is 34.9 Å². The van der Waals surface area contributed by atoms with Crippen LogP contribution in [-0.2, 0) is 0 Å². The van der Waals surface area contributed by atoms with E-state index in [1.165, 1.54) is 0 Å². The van der Waals surface area contributed by atoms with Crippen LogP contribution in [0.3, 0.4) is 0 Å². The molecule has 1 aromatic rings. The summed E-state index contributed by atoms with van der Waals surface area (Å²) in [4.78, 5) is 11.6. The summed E-state index contributed by atoms with van der Waals surface area (Å²) in [5.41, 5.74) is 0.590. The molecule has 0 aliphatic rings. The minimum atomic E-state index is 0.0540. The number of hydrogen-bond donors (Lipinski definition) is 0. The number of halogens is 1. The van der Waals surface area contributed by atoms with Crippen molar-refractivity contribution < 1.29 is 4.79 Å². The lowest BCUT2D eigenvalue weighted by molar-refractivity contribution is 0.0984. The standard InChI is InChI=1S/C12H11ClO/c1-2-3-4-9-12(14)10-7-5-6-8-11(10)13/h5-8H,4,9H2,1H3. The highest BCUT2D eigenvalue weighted by Gasteiger charge is 2.07. The molecule has 0 fully saturated rings. The van der Waals surface area contributed by atoms with E-state index in [-0.39, 0.29) is 5.78 Å². The topological polar surface area (TPSA) is 17.1 Å². The first kappa shape index (κ1) is 10.8. The van der Waals surface area contributed by atoms with Gasteiger partial charge in [0.05, 0.1) is 5.02 Å². The number of Topliss-reactive ketones (excluding diaryl/α,β-unsaturated/α-hetero) is 1. The fourth-order valence-corrected chi connectivity index (χ4v) is 1.36. The van der Waals surface area contributed by atoms with E-state index in [1.54, 1.807) is 19.1 Å². The molecule has 1 aromatic carbocycles. The molecule has 0 bridgehead atoms. The number of carbonyl (C=O) groups excluding carboxylic acids is 1. The van der Waals surface area contributed by atoms with Gasteiger partial charge >= 0.3 is 0 Å². The summed E-state index contributed by atoms with van der Waals surface area (Å²) in [5.74, 6) is 5.66. The average Bonchev–Trinajstić information content (AvgIpc) is 2.18. The van der Waals surface area contributed by atoms with Gasteiger partial charge in [-0.25, -0.2) is 0 Å². The van der Waals surface area contributed by atoms with E-state index in [4.69, 9.17) is 11.6 Å². The van der Waals surface area contributed by atoms with Crippen LogP contribution < -0.4 is 0 Å². The van der Waals surface area contributed by atoms with Gasteiger partial charge in [-0.2, -0.15) is 0 Å². The van der Waals surface area contributed by atoms with Gasteiger partial charge in [-0.3, -0.25) is 4.79 Å². The van der Waals surface area contributed by atoms with Crippen molar-refractivity contribution in [1.82, 2.24) is 0 Å². The molecule has 0 heterocycles. The maximum absolute atomic E-state index is 11.6. The maximum atomic E-state index is 11.6. The van der Waals surface area contributed by atoms with Crippen molar-refractivity contribution in [2.45, 2.75) is 19.8 Å². The van der Waals surface area contributed by atoms with E-state index in [0.29, 0.717) is 23.4 Å². The van der Waals surface area contributed by atoms with Gasteiger partial charge in [0.2, 0.25) is 0 Å². The van der Waals surface area contributed by atoms with E-state index >= 15 is 0 Å². The van der Waals surface area contributed by atoms with Crippen LogP contribution in [0.25, 0.3) is 0 Å². The number of rotatable bonds is 3. The Kier molecular flexibility index (Phi) is 4.22. The smallest absolute Gasteiger partial charge is 0.165 e. The van der Waals surface area contributed by atoms with Crippen LogP contribution in [0.1, 0.15) is 30.1 Å². The first-order valence-corrected chi connectivity index (χ1v) is 4.81. The van der Waals surface area contributed by atoms with Crippen molar-refractivity contribution in [2.75, 3.05) is 0 Å². The quantitative estimate of drug-likeness (QED) is 0.548. The van der Waals surface area contributed by atoms with E-state index in [9.17, 15) is 4.79 Å². The lowest BCUT2D eigenvalue weighted by Crippen LogP contribution is -1.98. The largest absolute Gasteiger partial charge is 0.294 e. The molecule has 0 radical (unpaired) electrons. The minimum absolute atomic E-state index is 0.0540. The predicted octanol–water partition coefficient (Wildman–Crippen LogP) is 3.33. The van der Waals surface area contributed by atoms with Crippen molar-refractivity contribution in [1.29, 1.82) is 0 Å². The molecule has 1 rings (SSSR count). The summed E-state index contributed by atoms with van der Waals surface area (Å²) in [5, 5.41) is 0.516. The molecule has 0 N–H and O–H groups in total. The third kappa shape index (κ3) is 2.90. The fraction of sp³-hybridized carbons (Fsp3) is 0.250. The van der Waals surface area contributed by atoms with Gasteiger partial charge < -0.3 is 0 Å². The molecule has 0 aromatic heterocycles. The molecule has 0 aliphatic carbocycles. The minimum Gasteiger partial charge on any atom is -0.294 e. The van der Waals surface area contributed by atoms with E-state index in [0.717, 1.165) is 0 Å². The molecular formula is C12H11ClO. The van der Waals surface area contributed by atoms with Gasteiger partial charge in [0.15, 0.2) is 5.78 Å². The van der Waals surface area contributed by atoms with Crippen LogP contribution >= 0.6 is 11.6 Å². The zero-order valence-electron chi connectivity index (χ0n) is 8.01. The molecule has 2 heteroatoms. The summed E-state index contributed by atoms with van der Waals surface area (Å²) in [7, 11) is 0. The molecule has 0 aliphatic heterocycles. The SMILES string of the molecule is CC#CCCC(=O)c1ccccc1Cl. The maximum Gasteiger partial charge on any atom is 0.165 e. The normalized spacial score (nSPS) is 9.00. The number of ketones is 1. The van der Waals surface area contributed by atoms with Crippen LogP contribution in [0.4, 0.5) is 0 Å². The number of carbonyl (C=O) groups is 1. The van der Waals surface area contributed by atoms with Gasteiger partial charge in [-0.05, 0) is 19.1 Å². The molecule has 0 unspecified atom stereocenters. The average molecular weight is 207 g/mol. The van der Waals surface area contributed by atoms with Crippen LogP contribution in [0.15, 0.2) is 24.3 Å². The molecule has 0 spiro atoms. The van der Waals surface area contributed by atoms with Crippen molar-refractivity contribution >= 4 is 17.4 Å². The summed E-state index contributed by atoms with van der Waals surface area (Å²) in [6.45, 7) is 1.76. The van der Waals surface area contributed by atoms with Crippen LogP contribution in [0, 0.1) is 11.8 Å². The van der Waals surface area contributed by atoms with Crippen LogP contribution in [0.5, 0.6) is 0 Å². The molecule has 0 saturated heterocycles. The second-order valence-electron chi connectivity index (χ2n) is 2.83. The van der Waals surface area contributed by atoms with E-state index in [1.807, 2.05) is 12.1 Å². The summed E-state index contributed by atoms with van der Waals surface area (Å²) in [6.07, 6.45) is 1.03. The van der Waals surface area contributed by atoms with Gasteiger partial charge in [0.1, 0.15) is 0 Å². The van der Waals surface area contributed by atoms with Crippen LogP contribution in [-0.4, -0.2) is 5.78 Å². The molecule has 1 nitrogen and oxygen atoms in total. The Bertz CT molecular complexity index is 385. The first-order valence-electron chi connectivity index (χ1n) is 4.43. The lowest BCUT2D eigenvalue weighted by atomic mass is 10.1. The highest BCUT2D eigenvalue weighted by atomic mass is 35.5. The Hall–Kier alpha value is -1.26. The predicted molar refractivity (Wildman–Crippen MR) is 58.5 cm³/mol. The highest BCUT2D eigenvalue weighted by Crippen LogP contribution is 2.16. The second-order valence-corrected chi connectivity index (χ2v) is 3.24. The van der Waals surface area contributed by atoms with Crippen molar-refractivity contribution in [2.24, 2.45) is 0 Å². The molecule has 0 amide bonds. The Labute approximate surface area is 89.1 Å². The van der Waals surface area contributed by atoms with Gasteiger partial charge in [-0.15, -0.1) is 11.8 Å². The van der Waals surface area contributed by atoms with Gasteiger partial charge in [-0.1, -0.05) is 23.7 Å². The van der Waals surface area contributed by atoms with Crippen LogP contribution in [0.2, 0.25) is 5.02 Å². The number of benzene rings is 1. The van der Waals surface area contributed by atoms with E-state index in [2.05, 4.69) is 11.8 Å². The van der Waals surface area contributed by atoms with Gasteiger partial charge in [0, 0.05) is 18.4 Å². The summed E-state index contributed by atoms with van der Waals surface area (Å²) < 4.78 is 0. The zero-order valence-corrected chi connectivity index (χ0v) is 8.77. The third-order valence-corrected chi connectivity index (χ3v) is 2.16. The lowest BCUT2D eigenvalue weighted by Gasteiger charge is -2.00. The Balaban J connectivity index is 2.68. The summed E-state index contributed by atoms with van der Waals surface area (Å²) >= 11 is 5.88. The van der Waals surface area contributed by atoms with Crippen molar-refractivity contribution in [3.8, 4) is 11.8 Å². The Morgan fingerprint density at radius 1 is 1.43 bits per heavy atom. The zero-order chi connectivity index (χ0) is 10.4. The number of hydrogen-bond acceptors (Lipinski definition) is 1. The van der Waals surface area contributed by atoms with E-state index < -0.39 is 0 Å². The Morgan fingerprint density at radius 3 is 2.79 bits per heavy atom. The summed E-state index contributed by atoms with van der Waals surface area (Å²) in [6, 6.07) is 7.08. The molecule has 0 saturated carbocycles. The Morgan fingerprint density at radius 2 is 2.14 bits per heavy atom. The molecule has 14 heavy (non-hydrogen) atoms. The second kappa shape index (κ2) is 5.47. The molecule has 0 atom stereocenters. The third-order valence-electron chi connectivity index (χ3n) is 1.83. The fourth-order valence-electron chi connectivity index (χ4n) is 1.12. The molecule has 72 valence electrons. The van der Waals surface area contributed by atoms with Crippen molar-refractivity contribution in [3.63, 3.8) is 0 Å². The highest BCUT2D eigenvalue weighted by molar-refractivity contribution is 6.33.